The zero-order chi connectivity index (χ0) is 11.2. The molecule has 1 aromatic rings. The second-order valence-electron chi connectivity index (χ2n) is 4.67. The summed E-state index contributed by atoms with van der Waals surface area (Å²) < 4.78 is 0. The molecule has 0 aliphatic heterocycles. The maximum absolute atomic E-state index is 2.30. The first kappa shape index (κ1) is 10.2. The van der Waals surface area contributed by atoms with E-state index in [4.69, 9.17) is 0 Å². The monoisotopic (exact) mass is 198 g/mol. The summed E-state index contributed by atoms with van der Waals surface area (Å²) in [6, 6.07) is 6.75. The predicted molar refractivity (Wildman–Crippen MR) is 67.7 cm³/mol. The van der Waals surface area contributed by atoms with Crippen molar-refractivity contribution in [2.75, 3.05) is 0 Å². The van der Waals surface area contributed by atoms with Gasteiger partial charge in [-0.15, -0.1) is 0 Å². The molecule has 0 nitrogen and oxygen atoms in total. The molecule has 0 heterocycles. The van der Waals surface area contributed by atoms with Crippen LogP contribution >= 0.6 is 0 Å². The van der Waals surface area contributed by atoms with Crippen molar-refractivity contribution in [3.8, 4) is 0 Å². The molecule has 0 amide bonds. The highest BCUT2D eigenvalue weighted by Gasteiger charge is 2.21. The Morgan fingerprint density at radius 1 is 0.867 bits per heavy atom. The minimum absolute atomic E-state index is 1.34. The van der Waals surface area contributed by atoms with E-state index < -0.39 is 0 Å². The van der Waals surface area contributed by atoms with Crippen LogP contribution in [0.2, 0.25) is 0 Å². The van der Waals surface area contributed by atoms with E-state index in [2.05, 4.69) is 52.8 Å². The van der Waals surface area contributed by atoms with Gasteiger partial charge in [-0.25, -0.2) is 0 Å². The standard InChI is InChI=1S/C15H18/c1-9(2)15-12(5)11(4)13-7-6-10(3)8-14(13)15/h6-8H,1-5H3. The highest BCUT2D eigenvalue weighted by atomic mass is 14.2. The molecule has 2 rings (SSSR count). The van der Waals surface area contributed by atoms with E-state index in [1.165, 1.54) is 39.0 Å². The lowest BCUT2D eigenvalue weighted by Gasteiger charge is -2.07. The molecule has 15 heavy (non-hydrogen) atoms. The van der Waals surface area contributed by atoms with Crippen LogP contribution in [0.3, 0.4) is 0 Å². The van der Waals surface area contributed by atoms with Gasteiger partial charge in [-0.2, -0.15) is 0 Å². The molecular weight excluding hydrogens is 180 g/mol. The number of aryl methyl sites for hydroxylation is 1. The topological polar surface area (TPSA) is 0 Å². The van der Waals surface area contributed by atoms with Crippen LogP contribution in [0.5, 0.6) is 0 Å². The van der Waals surface area contributed by atoms with Crippen molar-refractivity contribution in [2.45, 2.75) is 34.6 Å². The smallest absolute Gasteiger partial charge is 0.0104 e. The summed E-state index contributed by atoms with van der Waals surface area (Å²) in [5, 5.41) is 0. The van der Waals surface area contributed by atoms with Crippen LogP contribution in [0.15, 0.2) is 29.3 Å². The molecule has 0 saturated heterocycles. The first-order valence-corrected chi connectivity index (χ1v) is 5.49. The minimum Gasteiger partial charge on any atom is -0.0683 e. The summed E-state index contributed by atoms with van der Waals surface area (Å²) in [5.41, 5.74) is 9.91. The fourth-order valence-electron chi connectivity index (χ4n) is 2.43. The Hall–Kier alpha value is -1.30. The molecule has 1 aliphatic rings. The Morgan fingerprint density at radius 3 is 2.13 bits per heavy atom. The van der Waals surface area contributed by atoms with Gasteiger partial charge >= 0.3 is 0 Å². The predicted octanol–water partition coefficient (Wildman–Crippen LogP) is 4.60. The van der Waals surface area contributed by atoms with Crippen molar-refractivity contribution >= 4 is 11.1 Å². The SMILES string of the molecule is CC(C)=C1C(C)=C(C)c2ccc(C)cc21. The molecule has 0 N–H and O–H groups in total. The van der Waals surface area contributed by atoms with Crippen molar-refractivity contribution in [3.63, 3.8) is 0 Å². The molecule has 78 valence electrons. The average Bonchev–Trinajstić information content (AvgIpc) is 2.39. The maximum Gasteiger partial charge on any atom is -0.0104 e. The average molecular weight is 198 g/mol. The summed E-state index contributed by atoms with van der Waals surface area (Å²) in [6.07, 6.45) is 0. The lowest BCUT2D eigenvalue weighted by atomic mass is 9.98. The Labute approximate surface area is 92.3 Å². The van der Waals surface area contributed by atoms with E-state index in [1.54, 1.807) is 0 Å². The number of allylic oxidation sites excluding steroid dienone is 4. The molecule has 0 fully saturated rings. The van der Waals surface area contributed by atoms with E-state index >= 15 is 0 Å². The van der Waals surface area contributed by atoms with Crippen LogP contribution in [0.25, 0.3) is 11.1 Å². The number of benzene rings is 1. The molecule has 1 aromatic carbocycles. The molecule has 1 aliphatic carbocycles. The van der Waals surface area contributed by atoms with Crippen LogP contribution in [0, 0.1) is 6.92 Å². The molecule has 0 atom stereocenters. The fraction of sp³-hybridized carbons (Fsp3) is 0.333. The molecule has 0 aromatic heterocycles. The Balaban J connectivity index is 2.78. The summed E-state index contributed by atoms with van der Waals surface area (Å²) in [5.74, 6) is 0. The third-order valence-corrected chi connectivity index (χ3v) is 3.29. The van der Waals surface area contributed by atoms with Gasteiger partial charge in [0.15, 0.2) is 0 Å². The normalized spacial score (nSPS) is 14.6. The summed E-state index contributed by atoms with van der Waals surface area (Å²) in [7, 11) is 0. The third kappa shape index (κ3) is 1.45. The fourth-order valence-corrected chi connectivity index (χ4v) is 2.43. The van der Waals surface area contributed by atoms with E-state index in [0.717, 1.165) is 0 Å². The van der Waals surface area contributed by atoms with Crippen LogP contribution in [0.4, 0.5) is 0 Å². The lowest BCUT2D eigenvalue weighted by Crippen LogP contribution is -1.86. The highest BCUT2D eigenvalue weighted by molar-refractivity contribution is 5.99. The number of rotatable bonds is 0. The van der Waals surface area contributed by atoms with Crippen LogP contribution < -0.4 is 0 Å². The first-order valence-electron chi connectivity index (χ1n) is 5.49. The lowest BCUT2D eigenvalue weighted by molar-refractivity contribution is 1.36. The van der Waals surface area contributed by atoms with E-state index in [9.17, 15) is 0 Å². The van der Waals surface area contributed by atoms with Gasteiger partial charge in [0, 0.05) is 0 Å². The van der Waals surface area contributed by atoms with Crippen LogP contribution in [-0.4, -0.2) is 0 Å². The Morgan fingerprint density at radius 2 is 1.53 bits per heavy atom. The van der Waals surface area contributed by atoms with Gasteiger partial charge in [0.2, 0.25) is 0 Å². The van der Waals surface area contributed by atoms with Crippen LogP contribution in [0.1, 0.15) is 44.4 Å². The molecule has 0 radical (unpaired) electrons. The number of fused-ring (bicyclic) bond motifs is 1. The van der Waals surface area contributed by atoms with Gasteiger partial charge in [0.05, 0.1) is 0 Å². The van der Waals surface area contributed by atoms with Gasteiger partial charge in [-0.1, -0.05) is 29.3 Å². The zero-order valence-corrected chi connectivity index (χ0v) is 10.2. The molecule has 0 bridgehead atoms. The summed E-state index contributed by atoms with van der Waals surface area (Å²) in [4.78, 5) is 0. The summed E-state index contributed by atoms with van der Waals surface area (Å²) in [6.45, 7) is 11.0. The van der Waals surface area contributed by atoms with Crippen molar-refractivity contribution in [2.24, 2.45) is 0 Å². The molecule has 0 saturated carbocycles. The van der Waals surface area contributed by atoms with Crippen molar-refractivity contribution in [3.05, 3.63) is 46.0 Å². The largest absolute Gasteiger partial charge is 0.0683 e. The number of hydrogen-bond donors (Lipinski definition) is 0. The third-order valence-electron chi connectivity index (χ3n) is 3.29. The highest BCUT2D eigenvalue weighted by Crippen LogP contribution is 2.42. The molecule has 0 unspecified atom stereocenters. The molecule has 0 spiro atoms. The van der Waals surface area contributed by atoms with E-state index in [-0.39, 0.29) is 0 Å². The van der Waals surface area contributed by atoms with E-state index in [1.807, 2.05) is 0 Å². The number of hydrogen-bond acceptors (Lipinski definition) is 0. The van der Waals surface area contributed by atoms with Gasteiger partial charge < -0.3 is 0 Å². The van der Waals surface area contributed by atoms with Gasteiger partial charge in [0.1, 0.15) is 0 Å². The van der Waals surface area contributed by atoms with Gasteiger partial charge in [-0.3, -0.25) is 0 Å². The van der Waals surface area contributed by atoms with Crippen molar-refractivity contribution in [1.82, 2.24) is 0 Å². The molecule has 0 heteroatoms. The van der Waals surface area contributed by atoms with Gasteiger partial charge in [0.25, 0.3) is 0 Å². The Kier molecular flexibility index (Phi) is 2.30. The first-order chi connectivity index (χ1) is 7.02. The zero-order valence-electron chi connectivity index (χ0n) is 10.2. The second-order valence-corrected chi connectivity index (χ2v) is 4.67. The van der Waals surface area contributed by atoms with Crippen LogP contribution in [-0.2, 0) is 0 Å². The van der Waals surface area contributed by atoms with Crippen molar-refractivity contribution in [1.29, 1.82) is 0 Å². The Bertz CT molecular complexity index is 481. The molecular formula is C15H18. The summed E-state index contributed by atoms with van der Waals surface area (Å²) >= 11 is 0. The van der Waals surface area contributed by atoms with Crippen molar-refractivity contribution < 1.29 is 0 Å². The second kappa shape index (κ2) is 3.37. The quantitative estimate of drug-likeness (QED) is 0.571. The van der Waals surface area contributed by atoms with E-state index in [0.29, 0.717) is 0 Å². The maximum atomic E-state index is 2.30. The van der Waals surface area contributed by atoms with Gasteiger partial charge in [-0.05, 0) is 62.5 Å². The minimum atomic E-state index is 1.34.